The summed E-state index contributed by atoms with van der Waals surface area (Å²) in [6.45, 7) is 2.76. The molecule has 0 saturated carbocycles. The van der Waals surface area contributed by atoms with Crippen LogP contribution < -0.4 is 0 Å². The zero-order valence-electron chi connectivity index (χ0n) is 11.7. The van der Waals surface area contributed by atoms with E-state index in [-0.39, 0.29) is 12.0 Å². The number of hydrogen-bond donors (Lipinski definition) is 0. The van der Waals surface area contributed by atoms with Crippen LogP contribution in [0, 0.1) is 0 Å². The zero-order valence-corrected chi connectivity index (χ0v) is 11.7. The van der Waals surface area contributed by atoms with E-state index >= 15 is 0 Å². The lowest BCUT2D eigenvalue weighted by Gasteiger charge is -2.25. The third-order valence-electron chi connectivity index (χ3n) is 3.15. The predicted octanol–water partition coefficient (Wildman–Crippen LogP) is 1.58. The molecule has 5 nitrogen and oxygen atoms in total. The van der Waals surface area contributed by atoms with Gasteiger partial charge in [0.1, 0.15) is 11.9 Å². The average molecular weight is 253 g/mol. The number of methoxy groups -OCH3 is 1. The van der Waals surface area contributed by atoms with E-state index in [1.54, 1.807) is 6.20 Å². The van der Waals surface area contributed by atoms with Crippen LogP contribution >= 0.6 is 0 Å². The van der Waals surface area contributed by atoms with Crippen LogP contribution in [0.25, 0.3) is 0 Å². The maximum absolute atomic E-state index is 11.8. The van der Waals surface area contributed by atoms with Crippen LogP contribution in [-0.2, 0) is 23.1 Å². The SMILES string of the molecule is CCCCC(C(=O)OC)N(C)Cc1nccn1C. The Bertz CT molecular complexity index is 376. The van der Waals surface area contributed by atoms with Gasteiger partial charge in [0.15, 0.2) is 0 Å². The molecule has 1 heterocycles. The van der Waals surface area contributed by atoms with Gasteiger partial charge in [-0.25, -0.2) is 4.98 Å². The van der Waals surface area contributed by atoms with Gasteiger partial charge >= 0.3 is 5.97 Å². The van der Waals surface area contributed by atoms with Crippen molar-refractivity contribution in [2.75, 3.05) is 14.2 Å². The van der Waals surface area contributed by atoms with E-state index in [4.69, 9.17) is 4.74 Å². The molecule has 0 amide bonds. The highest BCUT2D eigenvalue weighted by atomic mass is 16.5. The first-order valence-electron chi connectivity index (χ1n) is 6.34. The molecule has 0 aromatic carbocycles. The minimum absolute atomic E-state index is 0.167. The highest BCUT2D eigenvalue weighted by Crippen LogP contribution is 2.12. The first-order valence-corrected chi connectivity index (χ1v) is 6.34. The summed E-state index contributed by atoms with van der Waals surface area (Å²) in [6, 6.07) is -0.188. The fourth-order valence-electron chi connectivity index (χ4n) is 1.93. The number of aromatic nitrogens is 2. The molecule has 18 heavy (non-hydrogen) atoms. The van der Waals surface area contributed by atoms with Crippen molar-refractivity contribution in [3.05, 3.63) is 18.2 Å². The van der Waals surface area contributed by atoms with E-state index in [0.29, 0.717) is 6.54 Å². The smallest absolute Gasteiger partial charge is 0.323 e. The predicted molar refractivity (Wildman–Crippen MR) is 70.0 cm³/mol. The standard InChI is InChI=1S/C13H23N3O2/c1-5-6-7-11(13(17)18-4)16(3)10-12-14-8-9-15(12)2/h8-9,11H,5-7,10H2,1-4H3. The third-order valence-corrected chi connectivity index (χ3v) is 3.15. The largest absolute Gasteiger partial charge is 0.468 e. The van der Waals surface area contributed by atoms with Gasteiger partial charge in [0.05, 0.1) is 13.7 Å². The van der Waals surface area contributed by atoms with Crippen LogP contribution in [0.2, 0.25) is 0 Å². The van der Waals surface area contributed by atoms with Crippen LogP contribution in [0.4, 0.5) is 0 Å². The van der Waals surface area contributed by atoms with Crippen molar-refractivity contribution in [3.63, 3.8) is 0 Å². The maximum Gasteiger partial charge on any atom is 0.323 e. The molecular formula is C13H23N3O2. The molecule has 5 heteroatoms. The molecule has 1 aromatic heterocycles. The van der Waals surface area contributed by atoms with Crippen molar-refractivity contribution >= 4 is 5.97 Å². The summed E-state index contributed by atoms with van der Waals surface area (Å²) in [7, 11) is 5.33. The number of aryl methyl sites for hydroxylation is 1. The van der Waals surface area contributed by atoms with Gasteiger partial charge in [0, 0.05) is 19.4 Å². The summed E-state index contributed by atoms with van der Waals surface area (Å²) in [4.78, 5) is 18.1. The topological polar surface area (TPSA) is 47.4 Å². The number of nitrogens with zero attached hydrogens (tertiary/aromatic N) is 3. The molecule has 1 rings (SSSR count). The Kier molecular flexibility index (Phi) is 5.85. The molecular weight excluding hydrogens is 230 g/mol. The van der Waals surface area contributed by atoms with Crippen LogP contribution in [0.5, 0.6) is 0 Å². The molecule has 1 unspecified atom stereocenters. The normalized spacial score (nSPS) is 12.7. The van der Waals surface area contributed by atoms with Crippen molar-refractivity contribution < 1.29 is 9.53 Å². The lowest BCUT2D eigenvalue weighted by molar-refractivity contribution is -0.147. The molecule has 0 saturated heterocycles. The molecule has 0 aliphatic heterocycles. The van der Waals surface area contributed by atoms with Crippen molar-refractivity contribution in [1.29, 1.82) is 0 Å². The number of unbranched alkanes of at least 4 members (excludes halogenated alkanes) is 1. The van der Waals surface area contributed by atoms with Gasteiger partial charge in [-0.2, -0.15) is 0 Å². The molecule has 0 radical (unpaired) electrons. The Balaban J connectivity index is 2.66. The Hall–Kier alpha value is -1.36. The summed E-state index contributed by atoms with van der Waals surface area (Å²) in [6.07, 6.45) is 6.59. The van der Waals surface area contributed by atoms with E-state index in [1.165, 1.54) is 7.11 Å². The van der Waals surface area contributed by atoms with Crippen LogP contribution in [0.1, 0.15) is 32.0 Å². The molecule has 0 spiro atoms. The first kappa shape index (κ1) is 14.7. The highest BCUT2D eigenvalue weighted by Gasteiger charge is 2.24. The van der Waals surface area contributed by atoms with Crippen molar-refractivity contribution in [1.82, 2.24) is 14.5 Å². The summed E-state index contributed by atoms with van der Waals surface area (Å²) in [5.74, 6) is 0.781. The Morgan fingerprint density at radius 2 is 2.33 bits per heavy atom. The number of rotatable bonds is 7. The lowest BCUT2D eigenvalue weighted by Crippen LogP contribution is -2.39. The van der Waals surface area contributed by atoms with Crippen LogP contribution in [-0.4, -0.2) is 40.6 Å². The Morgan fingerprint density at radius 1 is 1.61 bits per heavy atom. The van der Waals surface area contributed by atoms with Crippen molar-refractivity contribution in [2.24, 2.45) is 7.05 Å². The monoisotopic (exact) mass is 253 g/mol. The molecule has 0 N–H and O–H groups in total. The molecule has 0 aliphatic rings. The van der Waals surface area contributed by atoms with E-state index in [9.17, 15) is 4.79 Å². The van der Waals surface area contributed by atoms with Crippen molar-refractivity contribution in [3.8, 4) is 0 Å². The van der Waals surface area contributed by atoms with Gasteiger partial charge in [-0.1, -0.05) is 19.8 Å². The van der Waals surface area contributed by atoms with E-state index < -0.39 is 0 Å². The fourth-order valence-corrected chi connectivity index (χ4v) is 1.93. The Labute approximate surface area is 109 Å². The second-order valence-corrected chi connectivity index (χ2v) is 4.55. The second kappa shape index (κ2) is 7.16. The van der Waals surface area contributed by atoms with Gasteiger partial charge in [-0.15, -0.1) is 0 Å². The van der Waals surface area contributed by atoms with Gasteiger partial charge in [-0.05, 0) is 13.5 Å². The van der Waals surface area contributed by atoms with Gasteiger partial charge in [-0.3, -0.25) is 9.69 Å². The summed E-state index contributed by atoms with van der Waals surface area (Å²) < 4.78 is 6.84. The summed E-state index contributed by atoms with van der Waals surface area (Å²) in [5.41, 5.74) is 0. The van der Waals surface area contributed by atoms with E-state index in [0.717, 1.165) is 25.1 Å². The number of imidazole rings is 1. The van der Waals surface area contributed by atoms with Crippen molar-refractivity contribution in [2.45, 2.75) is 38.8 Å². The zero-order chi connectivity index (χ0) is 13.5. The Morgan fingerprint density at radius 3 is 2.83 bits per heavy atom. The quantitative estimate of drug-likeness (QED) is 0.692. The maximum atomic E-state index is 11.8. The van der Waals surface area contributed by atoms with Gasteiger partial charge in [0.2, 0.25) is 0 Å². The van der Waals surface area contributed by atoms with Crippen LogP contribution in [0.15, 0.2) is 12.4 Å². The van der Waals surface area contributed by atoms with E-state index in [2.05, 4.69) is 11.9 Å². The lowest BCUT2D eigenvalue weighted by atomic mass is 10.1. The average Bonchev–Trinajstić information content (AvgIpc) is 2.75. The minimum atomic E-state index is -0.188. The molecule has 102 valence electrons. The fraction of sp³-hybridized carbons (Fsp3) is 0.692. The summed E-state index contributed by atoms with van der Waals surface area (Å²) in [5, 5.41) is 0. The minimum Gasteiger partial charge on any atom is -0.468 e. The van der Waals surface area contributed by atoms with Gasteiger partial charge in [0.25, 0.3) is 0 Å². The molecule has 0 bridgehead atoms. The second-order valence-electron chi connectivity index (χ2n) is 4.55. The van der Waals surface area contributed by atoms with Crippen LogP contribution in [0.3, 0.4) is 0 Å². The molecule has 1 aromatic rings. The number of ether oxygens (including phenoxy) is 1. The third kappa shape index (κ3) is 3.84. The molecule has 0 fully saturated rings. The number of hydrogen-bond acceptors (Lipinski definition) is 4. The number of likely N-dealkylation sites (N-methyl/N-ethyl adjacent to an activating group) is 1. The highest BCUT2D eigenvalue weighted by molar-refractivity contribution is 5.75. The number of esters is 1. The number of carbonyl (C=O) groups is 1. The summed E-state index contributed by atoms with van der Waals surface area (Å²) >= 11 is 0. The number of carbonyl (C=O) groups excluding carboxylic acids is 1. The van der Waals surface area contributed by atoms with E-state index in [1.807, 2.05) is 29.8 Å². The molecule has 1 atom stereocenters. The molecule has 0 aliphatic carbocycles. The van der Waals surface area contributed by atoms with Gasteiger partial charge < -0.3 is 9.30 Å². The first-order chi connectivity index (χ1) is 8.60.